The zero-order valence-corrected chi connectivity index (χ0v) is 32.6. The molecular formula is C54H28N4OS. The minimum atomic E-state index is 0.654. The van der Waals surface area contributed by atoms with Crippen molar-refractivity contribution in [2.24, 2.45) is 0 Å². The van der Waals surface area contributed by atoms with Gasteiger partial charge in [-0.25, -0.2) is 9.97 Å². The maximum Gasteiger partial charge on any atom is 0.236 e. The highest BCUT2D eigenvalue weighted by atomic mass is 32.1. The largest absolute Gasteiger partial charge is 0.456 e. The average Bonchev–Trinajstić information content (AvgIpc) is 4.03. The molecule has 0 saturated heterocycles. The summed E-state index contributed by atoms with van der Waals surface area (Å²) in [6, 6.07) is 61.5. The molecule has 6 heterocycles. The number of hydrogen-bond acceptors (Lipinski definition) is 4. The first-order valence-corrected chi connectivity index (χ1v) is 21.1. The highest BCUT2D eigenvalue weighted by Crippen LogP contribution is 2.49. The quantitative estimate of drug-likeness (QED) is 0.168. The molecule has 0 N–H and O–H groups in total. The van der Waals surface area contributed by atoms with Crippen molar-refractivity contribution in [2.45, 2.75) is 0 Å². The van der Waals surface area contributed by atoms with E-state index in [9.17, 15) is 0 Å². The van der Waals surface area contributed by atoms with Crippen molar-refractivity contribution in [1.29, 1.82) is 0 Å². The maximum atomic E-state index is 6.65. The average molecular weight is 781 g/mol. The number of aromatic nitrogens is 4. The van der Waals surface area contributed by atoms with Gasteiger partial charge in [0.05, 0.1) is 38.7 Å². The van der Waals surface area contributed by atoms with Crippen LogP contribution in [0.3, 0.4) is 0 Å². The van der Waals surface area contributed by atoms with Crippen molar-refractivity contribution in [2.75, 3.05) is 0 Å². The van der Waals surface area contributed by atoms with Gasteiger partial charge in [0, 0.05) is 48.0 Å². The SMILES string of the molecule is c1ccc2c(c1)cc(-c1ccc(-c3nc(-n4c5ccc6oc7ccc8c9ccccc9n9c%10cccc4c%10c5c6c7c89)nc4sc5ccccc5c34)cc1)c1ccccc12. The first-order valence-electron chi connectivity index (χ1n) is 20.3. The molecule has 6 aromatic heterocycles. The Morgan fingerprint density at radius 2 is 1.12 bits per heavy atom. The molecule has 0 spiro atoms. The Labute approximate surface area is 344 Å². The van der Waals surface area contributed by atoms with Crippen LogP contribution in [0, 0.1) is 0 Å². The van der Waals surface area contributed by atoms with Gasteiger partial charge in [-0.05, 0) is 87.3 Å². The Bertz CT molecular complexity index is 4300. The third-order valence-corrected chi connectivity index (χ3v) is 14.1. The topological polar surface area (TPSA) is 48.3 Å². The predicted octanol–water partition coefficient (Wildman–Crippen LogP) is 14.9. The van der Waals surface area contributed by atoms with Crippen LogP contribution >= 0.6 is 11.3 Å². The minimum absolute atomic E-state index is 0.654. The molecule has 9 aromatic carbocycles. The number of hydrogen-bond donors (Lipinski definition) is 0. The summed E-state index contributed by atoms with van der Waals surface area (Å²) in [6.45, 7) is 0. The monoisotopic (exact) mass is 780 g/mol. The second kappa shape index (κ2) is 11.0. The highest BCUT2D eigenvalue weighted by Gasteiger charge is 2.27. The second-order valence-electron chi connectivity index (χ2n) is 16.0. The van der Waals surface area contributed by atoms with Crippen molar-refractivity contribution in [1.82, 2.24) is 18.9 Å². The summed E-state index contributed by atoms with van der Waals surface area (Å²) in [5.74, 6) is 0.654. The molecule has 15 aromatic rings. The summed E-state index contributed by atoms with van der Waals surface area (Å²) >= 11 is 1.73. The van der Waals surface area contributed by atoms with E-state index in [4.69, 9.17) is 14.4 Å². The summed E-state index contributed by atoms with van der Waals surface area (Å²) < 4.78 is 12.6. The van der Waals surface area contributed by atoms with Gasteiger partial charge in [0.1, 0.15) is 16.0 Å². The van der Waals surface area contributed by atoms with Crippen LogP contribution < -0.4 is 0 Å². The van der Waals surface area contributed by atoms with Crippen LogP contribution in [0.25, 0.3) is 141 Å². The lowest BCUT2D eigenvalue weighted by molar-refractivity contribution is 0.669. The van der Waals surface area contributed by atoms with Crippen molar-refractivity contribution in [3.05, 3.63) is 170 Å². The maximum absolute atomic E-state index is 6.65. The molecule has 5 nitrogen and oxygen atoms in total. The van der Waals surface area contributed by atoms with Crippen molar-refractivity contribution >= 4 is 124 Å². The smallest absolute Gasteiger partial charge is 0.236 e. The second-order valence-corrected chi connectivity index (χ2v) is 17.1. The number of para-hydroxylation sites is 1. The molecule has 0 unspecified atom stereocenters. The van der Waals surface area contributed by atoms with Gasteiger partial charge >= 0.3 is 0 Å². The van der Waals surface area contributed by atoms with Gasteiger partial charge < -0.3 is 8.82 Å². The van der Waals surface area contributed by atoms with E-state index in [1.165, 1.54) is 75.3 Å². The third-order valence-electron chi connectivity index (χ3n) is 13.1. The van der Waals surface area contributed by atoms with E-state index >= 15 is 0 Å². The Hall–Kier alpha value is -7.80. The van der Waals surface area contributed by atoms with E-state index < -0.39 is 0 Å². The van der Waals surface area contributed by atoms with Gasteiger partial charge in [0.2, 0.25) is 5.95 Å². The summed E-state index contributed by atoms with van der Waals surface area (Å²) in [5.41, 5.74) is 11.8. The van der Waals surface area contributed by atoms with Crippen LogP contribution in [0.5, 0.6) is 0 Å². The number of furan rings is 1. The highest BCUT2D eigenvalue weighted by molar-refractivity contribution is 7.25. The fourth-order valence-electron chi connectivity index (χ4n) is 10.6. The molecule has 0 saturated carbocycles. The van der Waals surface area contributed by atoms with Crippen LogP contribution in [-0.4, -0.2) is 18.9 Å². The lowest BCUT2D eigenvalue weighted by atomic mass is 9.92. The van der Waals surface area contributed by atoms with E-state index in [0.29, 0.717) is 5.95 Å². The zero-order chi connectivity index (χ0) is 38.8. The number of benzene rings is 9. The van der Waals surface area contributed by atoms with Crippen LogP contribution in [-0.2, 0) is 0 Å². The number of rotatable bonds is 3. The standard InChI is InChI=1S/C54H28N4OS/c1-2-11-32-31(10-1)28-38(34-13-4-3-12-33(32)34)29-20-22-30(23-21-29)51-46-37-15-6-8-19-45(37)60-53(46)56-54(55-51)58-41-18-9-17-40-47(41)48-42(58)25-27-43-49(48)50-44(59-43)26-24-36-35-14-5-7-16-39(35)57(40)52(36)50/h1-28H. The van der Waals surface area contributed by atoms with Gasteiger partial charge in [-0.1, -0.05) is 115 Å². The van der Waals surface area contributed by atoms with E-state index in [1.807, 2.05) is 0 Å². The molecular weight excluding hydrogens is 753 g/mol. The number of thiophene rings is 1. The van der Waals surface area contributed by atoms with Crippen LogP contribution in [0.15, 0.2) is 174 Å². The summed E-state index contributed by atoms with van der Waals surface area (Å²) in [7, 11) is 0. The molecule has 0 atom stereocenters. The normalized spacial score (nSPS) is 12.7. The molecule has 0 aliphatic carbocycles. The van der Waals surface area contributed by atoms with Crippen LogP contribution in [0.2, 0.25) is 0 Å². The summed E-state index contributed by atoms with van der Waals surface area (Å²) in [5, 5.41) is 14.4. The van der Waals surface area contributed by atoms with Crippen molar-refractivity contribution in [3.8, 4) is 28.3 Å². The first-order chi connectivity index (χ1) is 29.8. The fourth-order valence-corrected chi connectivity index (χ4v) is 11.7. The molecule has 60 heavy (non-hydrogen) atoms. The number of fused-ring (bicyclic) bond motifs is 10. The Balaban J connectivity index is 1.03. The van der Waals surface area contributed by atoms with E-state index in [2.05, 4.69) is 179 Å². The van der Waals surface area contributed by atoms with E-state index in [-0.39, 0.29) is 0 Å². The molecule has 0 aliphatic heterocycles. The lowest BCUT2D eigenvalue weighted by Gasteiger charge is -2.13. The third kappa shape index (κ3) is 3.83. The Kier molecular flexibility index (Phi) is 5.74. The zero-order valence-electron chi connectivity index (χ0n) is 31.8. The Morgan fingerprint density at radius 1 is 0.433 bits per heavy atom. The van der Waals surface area contributed by atoms with E-state index in [0.717, 1.165) is 60.0 Å². The van der Waals surface area contributed by atoms with Crippen LogP contribution in [0.1, 0.15) is 0 Å². The van der Waals surface area contributed by atoms with Crippen LogP contribution in [0.4, 0.5) is 0 Å². The van der Waals surface area contributed by atoms with Gasteiger partial charge in [-0.2, -0.15) is 0 Å². The predicted molar refractivity (Wildman–Crippen MR) is 251 cm³/mol. The molecule has 15 rings (SSSR count). The van der Waals surface area contributed by atoms with Gasteiger partial charge in [-0.3, -0.25) is 4.57 Å². The number of nitrogens with zero attached hydrogens (tertiary/aromatic N) is 4. The van der Waals surface area contributed by atoms with Crippen molar-refractivity contribution in [3.63, 3.8) is 0 Å². The lowest BCUT2D eigenvalue weighted by Crippen LogP contribution is -2.02. The van der Waals surface area contributed by atoms with E-state index in [1.54, 1.807) is 11.3 Å². The van der Waals surface area contributed by atoms with Gasteiger partial charge in [-0.15, -0.1) is 11.3 Å². The molecule has 0 fully saturated rings. The van der Waals surface area contributed by atoms with Crippen molar-refractivity contribution < 1.29 is 4.42 Å². The first kappa shape index (κ1) is 31.2. The molecule has 0 aliphatic rings. The molecule has 0 bridgehead atoms. The van der Waals surface area contributed by atoms with Gasteiger partial charge in [0.25, 0.3) is 0 Å². The van der Waals surface area contributed by atoms with Gasteiger partial charge in [0.15, 0.2) is 0 Å². The molecule has 0 amide bonds. The Morgan fingerprint density at radius 3 is 2.02 bits per heavy atom. The summed E-state index contributed by atoms with van der Waals surface area (Å²) in [4.78, 5) is 12.0. The minimum Gasteiger partial charge on any atom is -0.456 e. The fraction of sp³-hybridized carbons (Fsp3) is 0. The molecule has 0 radical (unpaired) electrons. The molecule has 276 valence electrons. The summed E-state index contributed by atoms with van der Waals surface area (Å²) in [6.07, 6.45) is 0. The molecule has 6 heteroatoms.